The maximum atomic E-state index is 12.8. The number of hydrogen-bond acceptors (Lipinski definition) is 4. The van der Waals surface area contributed by atoms with E-state index in [1.807, 2.05) is 0 Å². The van der Waals surface area contributed by atoms with Crippen molar-refractivity contribution >= 4 is 5.91 Å². The summed E-state index contributed by atoms with van der Waals surface area (Å²) in [7, 11) is 0. The van der Waals surface area contributed by atoms with Crippen LogP contribution in [-0.4, -0.2) is 74.1 Å². The third-order valence-corrected chi connectivity index (χ3v) is 4.97. The number of nitrogens with zero attached hydrogens (tertiary/aromatic N) is 2. The van der Waals surface area contributed by atoms with E-state index in [4.69, 9.17) is 0 Å². The molecular formula is C18H27FN4O. The molecule has 3 rings (SSSR count). The van der Waals surface area contributed by atoms with Crippen LogP contribution in [0.4, 0.5) is 4.39 Å². The van der Waals surface area contributed by atoms with Crippen LogP contribution in [0.15, 0.2) is 24.3 Å². The first kappa shape index (κ1) is 17.3. The van der Waals surface area contributed by atoms with E-state index >= 15 is 0 Å². The standard InChI is InChI=1S/C18H27FN4O/c19-16-3-1-15(2-4-16)5-8-21-18(24)14-22-9-11-23(12-10-22)17-6-7-20-13-17/h1-4,17,20H,5-14H2,(H,21,24). The van der Waals surface area contributed by atoms with Crippen LogP contribution in [0.25, 0.3) is 0 Å². The molecule has 1 unspecified atom stereocenters. The first-order chi connectivity index (χ1) is 11.7. The zero-order valence-corrected chi connectivity index (χ0v) is 14.1. The molecule has 24 heavy (non-hydrogen) atoms. The van der Waals surface area contributed by atoms with Gasteiger partial charge >= 0.3 is 0 Å². The van der Waals surface area contributed by atoms with Crippen LogP contribution in [0.2, 0.25) is 0 Å². The summed E-state index contributed by atoms with van der Waals surface area (Å²) in [5, 5.41) is 6.37. The molecule has 5 nitrogen and oxygen atoms in total. The van der Waals surface area contributed by atoms with Crippen molar-refractivity contribution in [1.82, 2.24) is 20.4 Å². The van der Waals surface area contributed by atoms with E-state index < -0.39 is 0 Å². The molecular weight excluding hydrogens is 307 g/mol. The second-order valence-electron chi connectivity index (χ2n) is 6.69. The fraction of sp³-hybridized carbons (Fsp3) is 0.611. The second-order valence-corrected chi connectivity index (χ2v) is 6.69. The Morgan fingerprint density at radius 3 is 2.62 bits per heavy atom. The highest BCUT2D eigenvalue weighted by atomic mass is 19.1. The SMILES string of the molecule is O=C(CN1CCN(C2CCNC2)CC1)NCCc1ccc(F)cc1. The summed E-state index contributed by atoms with van der Waals surface area (Å²) in [5.74, 6) is -0.150. The first-order valence-corrected chi connectivity index (χ1v) is 8.89. The topological polar surface area (TPSA) is 47.6 Å². The monoisotopic (exact) mass is 334 g/mol. The molecule has 0 aromatic heterocycles. The number of piperazine rings is 1. The number of benzene rings is 1. The van der Waals surface area contributed by atoms with E-state index in [0.717, 1.165) is 51.3 Å². The Kier molecular flexibility index (Phi) is 6.18. The van der Waals surface area contributed by atoms with Gasteiger partial charge in [-0.25, -0.2) is 4.39 Å². The van der Waals surface area contributed by atoms with Gasteiger partial charge in [0.05, 0.1) is 6.54 Å². The van der Waals surface area contributed by atoms with Gasteiger partial charge in [0.2, 0.25) is 5.91 Å². The average Bonchev–Trinajstić information content (AvgIpc) is 3.12. The van der Waals surface area contributed by atoms with Crippen molar-refractivity contribution in [1.29, 1.82) is 0 Å². The Hall–Kier alpha value is -1.50. The largest absolute Gasteiger partial charge is 0.355 e. The molecule has 0 aliphatic carbocycles. The van der Waals surface area contributed by atoms with Crippen molar-refractivity contribution in [3.05, 3.63) is 35.6 Å². The maximum absolute atomic E-state index is 12.8. The summed E-state index contributed by atoms with van der Waals surface area (Å²) in [6.07, 6.45) is 1.97. The normalized spacial score (nSPS) is 22.6. The molecule has 1 amide bonds. The summed E-state index contributed by atoms with van der Waals surface area (Å²) >= 11 is 0. The Morgan fingerprint density at radius 2 is 1.96 bits per heavy atom. The zero-order valence-electron chi connectivity index (χ0n) is 14.1. The van der Waals surface area contributed by atoms with Gasteiger partial charge in [-0.3, -0.25) is 14.6 Å². The number of nitrogens with one attached hydrogen (secondary N) is 2. The van der Waals surface area contributed by atoms with Crippen LogP contribution in [-0.2, 0) is 11.2 Å². The highest BCUT2D eigenvalue weighted by molar-refractivity contribution is 5.78. The third-order valence-electron chi connectivity index (χ3n) is 4.97. The van der Waals surface area contributed by atoms with Gasteiger partial charge in [0.25, 0.3) is 0 Å². The summed E-state index contributed by atoms with van der Waals surface area (Å²) in [6, 6.07) is 7.11. The van der Waals surface area contributed by atoms with Crippen molar-refractivity contribution in [2.75, 3.05) is 52.4 Å². The molecule has 0 radical (unpaired) electrons. The molecule has 132 valence electrons. The lowest BCUT2D eigenvalue weighted by molar-refractivity contribution is -0.122. The van der Waals surface area contributed by atoms with Gasteiger partial charge in [0.1, 0.15) is 5.82 Å². The van der Waals surface area contributed by atoms with Crippen molar-refractivity contribution in [2.24, 2.45) is 0 Å². The minimum Gasteiger partial charge on any atom is -0.355 e. The third kappa shape index (κ3) is 5.00. The highest BCUT2D eigenvalue weighted by Gasteiger charge is 2.26. The minimum atomic E-state index is -0.227. The number of rotatable bonds is 6. The quantitative estimate of drug-likeness (QED) is 0.794. The second kappa shape index (κ2) is 8.55. The van der Waals surface area contributed by atoms with Gasteiger partial charge < -0.3 is 10.6 Å². The van der Waals surface area contributed by atoms with Crippen LogP contribution < -0.4 is 10.6 Å². The van der Waals surface area contributed by atoms with Crippen molar-refractivity contribution in [3.8, 4) is 0 Å². The van der Waals surface area contributed by atoms with Crippen LogP contribution >= 0.6 is 0 Å². The summed E-state index contributed by atoms with van der Waals surface area (Å²) in [6.45, 7) is 7.32. The predicted molar refractivity (Wildman–Crippen MR) is 92.4 cm³/mol. The summed E-state index contributed by atoms with van der Waals surface area (Å²) in [4.78, 5) is 16.8. The van der Waals surface area contributed by atoms with Gasteiger partial charge in [0.15, 0.2) is 0 Å². The molecule has 2 fully saturated rings. The maximum Gasteiger partial charge on any atom is 0.234 e. The lowest BCUT2D eigenvalue weighted by atomic mass is 10.1. The molecule has 2 aliphatic rings. The van der Waals surface area contributed by atoms with E-state index in [1.165, 1.54) is 18.6 Å². The zero-order chi connectivity index (χ0) is 16.8. The molecule has 0 saturated carbocycles. The Balaban J connectivity index is 1.31. The molecule has 0 spiro atoms. The molecule has 6 heteroatoms. The molecule has 1 aromatic rings. The van der Waals surface area contributed by atoms with Crippen LogP contribution in [0.3, 0.4) is 0 Å². The van der Waals surface area contributed by atoms with Crippen LogP contribution in [0.1, 0.15) is 12.0 Å². The molecule has 1 aromatic carbocycles. The lowest BCUT2D eigenvalue weighted by Gasteiger charge is -2.37. The molecule has 0 bridgehead atoms. The smallest absolute Gasteiger partial charge is 0.234 e. The fourth-order valence-electron chi connectivity index (χ4n) is 3.49. The van der Waals surface area contributed by atoms with Crippen LogP contribution in [0.5, 0.6) is 0 Å². The van der Waals surface area contributed by atoms with E-state index in [2.05, 4.69) is 20.4 Å². The Bertz CT molecular complexity index is 522. The van der Waals surface area contributed by atoms with E-state index in [-0.39, 0.29) is 11.7 Å². The number of carbonyl (C=O) groups excluding carboxylic acids is 1. The van der Waals surface area contributed by atoms with E-state index in [9.17, 15) is 9.18 Å². The Labute approximate surface area is 143 Å². The molecule has 1 atom stereocenters. The highest BCUT2D eigenvalue weighted by Crippen LogP contribution is 2.11. The predicted octanol–water partition coefficient (Wildman–Crippen LogP) is 0.464. The van der Waals surface area contributed by atoms with Crippen molar-refractivity contribution in [2.45, 2.75) is 18.9 Å². The number of carbonyl (C=O) groups is 1. The molecule has 2 N–H and O–H groups in total. The molecule has 2 heterocycles. The van der Waals surface area contributed by atoms with E-state index in [1.54, 1.807) is 12.1 Å². The number of amides is 1. The van der Waals surface area contributed by atoms with Crippen molar-refractivity contribution < 1.29 is 9.18 Å². The molecule has 2 saturated heterocycles. The first-order valence-electron chi connectivity index (χ1n) is 8.89. The molecule has 2 aliphatic heterocycles. The minimum absolute atomic E-state index is 0.0769. The van der Waals surface area contributed by atoms with Crippen LogP contribution in [0, 0.1) is 5.82 Å². The summed E-state index contributed by atoms with van der Waals surface area (Å²) in [5.41, 5.74) is 1.04. The average molecular weight is 334 g/mol. The van der Waals surface area contributed by atoms with Gasteiger partial charge in [-0.1, -0.05) is 12.1 Å². The van der Waals surface area contributed by atoms with Gasteiger partial charge in [-0.2, -0.15) is 0 Å². The fourth-order valence-corrected chi connectivity index (χ4v) is 3.49. The number of hydrogen-bond donors (Lipinski definition) is 2. The number of halogens is 1. The van der Waals surface area contributed by atoms with Gasteiger partial charge in [-0.15, -0.1) is 0 Å². The Morgan fingerprint density at radius 1 is 1.21 bits per heavy atom. The van der Waals surface area contributed by atoms with Gasteiger partial charge in [0, 0.05) is 45.3 Å². The van der Waals surface area contributed by atoms with E-state index in [0.29, 0.717) is 19.1 Å². The summed E-state index contributed by atoms with van der Waals surface area (Å²) < 4.78 is 12.8. The van der Waals surface area contributed by atoms with Crippen molar-refractivity contribution in [3.63, 3.8) is 0 Å². The van der Waals surface area contributed by atoms with Gasteiger partial charge in [-0.05, 0) is 37.1 Å². The lowest BCUT2D eigenvalue weighted by Crippen LogP contribution is -2.52.